The second kappa shape index (κ2) is 7.99. The van der Waals surface area contributed by atoms with Gasteiger partial charge < -0.3 is 19.5 Å². The van der Waals surface area contributed by atoms with E-state index < -0.39 is 0 Å². The van der Waals surface area contributed by atoms with E-state index in [1.807, 2.05) is 33.8 Å². The number of amides is 1. The quantitative estimate of drug-likeness (QED) is 0.680. The lowest BCUT2D eigenvalue weighted by Gasteiger charge is -2.53. The molecule has 31 heavy (non-hydrogen) atoms. The number of rotatable bonds is 6. The van der Waals surface area contributed by atoms with Crippen LogP contribution in [0.5, 0.6) is 11.5 Å². The van der Waals surface area contributed by atoms with Crippen molar-refractivity contribution in [2.75, 3.05) is 13.7 Å². The molecule has 1 aromatic rings. The first-order valence-electron chi connectivity index (χ1n) is 11.9. The van der Waals surface area contributed by atoms with E-state index in [1.165, 1.54) is 6.42 Å². The zero-order valence-electron chi connectivity index (χ0n) is 20.2. The molecule has 5 heteroatoms. The largest absolute Gasteiger partial charge is 0.493 e. The smallest absolute Gasteiger partial charge is 0.222 e. The van der Waals surface area contributed by atoms with Crippen molar-refractivity contribution < 1.29 is 19.0 Å². The summed E-state index contributed by atoms with van der Waals surface area (Å²) in [5, 5.41) is 3.48. The van der Waals surface area contributed by atoms with Gasteiger partial charge in [-0.2, -0.15) is 0 Å². The van der Waals surface area contributed by atoms with Crippen LogP contribution in [0.4, 0.5) is 0 Å². The number of nitrogens with one attached hydrogen (secondary N) is 1. The number of hydrogen-bond acceptors (Lipinski definition) is 4. The first kappa shape index (κ1) is 22.4. The highest BCUT2D eigenvalue weighted by Crippen LogP contribution is 2.70. The van der Waals surface area contributed by atoms with Crippen LogP contribution >= 0.6 is 0 Å². The van der Waals surface area contributed by atoms with E-state index in [0.717, 1.165) is 36.5 Å². The number of ether oxygens (including phenoxy) is 3. The van der Waals surface area contributed by atoms with Crippen molar-refractivity contribution in [2.24, 2.45) is 28.6 Å². The maximum absolute atomic E-state index is 12.7. The van der Waals surface area contributed by atoms with E-state index in [-0.39, 0.29) is 40.9 Å². The van der Waals surface area contributed by atoms with Gasteiger partial charge in [0.1, 0.15) is 0 Å². The molecule has 3 fully saturated rings. The van der Waals surface area contributed by atoms with Gasteiger partial charge in [0.15, 0.2) is 11.5 Å². The third-order valence-electron chi connectivity index (χ3n) is 8.19. The summed E-state index contributed by atoms with van der Waals surface area (Å²) in [6.45, 7) is 13.4. The van der Waals surface area contributed by atoms with Gasteiger partial charge in [-0.05, 0) is 73.5 Å². The van der Waals surface area contributed by atoms with Crippen molar-refractivity contribution >= 4 is 5.91 Å². The molecule has 0 aromatic heterocycles. The lowest BCUT2D eigenvalue weighted by molar-refractivity contribution is -0.139. The van der Waals surface area contributed by atoms with Gasteiger partial charge >= 0.3 is 0 Å². The number of fused-ring (bicyclic) bond motifs is 1. The number of methoxy groups -OCH3 is 1. The van der Waals surface area contributed by atoms with E-state index in [0.29, 0.717) is 11.8 Å². The molecule has 1 spiro atoms. The summed E-state index contributed by atoms with van der Waals surface area (Å²) in [7, 11) is 1.69. The summed E-state index contributed by atoms with van der Waals surface area (Å²) < 4.78 is 18.0. The van der Waals surface area contributed by atoms with Crippen LogP contribution in [0.25, 0.3) is 0 Å². The molecule has 0 radical (unpaired) electrons. The predicted octanol–water partition coefficient (Wildman–Crippen LogP) is 5.14. The van der Waals surface area contributed by atoms with Crippen molar-refractivity contribution in [1.29, 1.82) is 0 Å². The molecule has 2 saturated carbocycles. The highest BCUT2D eigenvalue weighted by atomic mass is 16.5. The molecule has 4 rings (SSSR count). The third-order valence-corrected chi connectivity index (χ3v) is 8.19. The Balaban J connectivity index is 1.66. The average molecular weight is 430 g/mol. The van der Waals surface area contributed by atoms with Crippen LogP contribution in [0.15, 0.2) is 18.2 Å². The maximum atomic E-state index is 12.7. The topological polar surface area (TPSA) is 56.8 Å². The van der Waals surface area contributed by atoms with Crippen molar-refractivity contribution in [2.45, 2.75) is 79.1 Å². The highest BCUT2D eigenvalue weighted by Gasteiger charge is 2.68. The van der Waals surface area contributed by atoms with Crippen LogP contribution in [0.3, 0.4) is 0 Å². The van der Waals surface area contributed by atoms with Gasteiger partial charge in [0.05, 0.1) is 19.3 Å². The minimum Gasteiger partial charge on any atom is -0.493 e. The lowest BCUT2D eigenvalue weighted by Crippen LogP contribution is -2.59. The summed E-state index contributed by atoms with van der Waals surface area (Å²) in [5.74, 6) is 2.69. The van der Waals surface area contributed by atoms with E-state index in [2.05, 4.69) is 31.3 Å². The summed E-state index contributed by atoms with van der Waals surface area (Å²) in [6, 6.07) is 6.41. The fourth-order valence-electron chi connectivity index (χ4n) is 6.64. The van der Waals surface area contributed by atoms with Gasteiger partial charge in [-0.3, -0.25) is 4.79 Å². The Labute approximate surface area is 187 Å². The van der Waals surface area contributed by atoms with Gasteiger partial charge in [0.2, 0.25) is 5.91 Å². The lowest BCUT2D eigenvalue weighted by atomic mass is 9.58. The van der Waals surface area contributed by atoms with Crippen LogP contribution in [-0.2, 0) is 9.53 Å². The molecule has 3 aliphatic rings. The van der Waals surface area contributed by atoms with Gasteiger partial charge in [0, 0.05) is 18.6 Å². The van der Waals surface area contributed by atoms with Crippen LogP contribution in [0.1, 0.15) is 72.5 Å². The normalized spacial score (nSPS) is 33.5. The van der Waals surface area contributed by atoms with Crippen LogP contribution in [0.2, 0.25) is 0 Å². The first-order chi connectivity index (χ1) is 14.6. The molecule has 5 atom stereocenters. The molecule has 1 aromatic carbocycles. The number of benzene rings is 1. The van der Waals surface area contributed by atoms with E-state index in [1.54, 1.807) is 7.11 Å². The van der Waals surface area contributed by atoms with Crippen molar-refractivity contribution in [1.82, 2.24) is 5.32 Å². The molecule has 1 heterocycles. The SMILES string of the molecule is COc1cc([C@H]2OCC[C@@]34C[C@@H](C[C@H]23)C(C)(C)[C@@H]4NC(=O)C(C)C)ccc1OC(C)C. The molecule has 1 amide bonds. The predicted molar refractivity (Wildman–Crippen MR) is 121 cm³/mol. The fourth-order valence-corrected chi connectivity index (χ4v) is 6.64. The van der Waals surface area contributed by atoms with Crippen molar-refractivity contribution in [3.63, 3.8) is 0 Å². The molecule has 5 nitrogen and oxygen atoms in total. The number of hydrogen-bond donors (Lipinski definition) is 1. The van der Waals surface area contributed by atoms with Crippen LogP contribution in [-0.4, -0.2) is 31.8 Å². The molecule has 2 bridgehead atoms. The Bertz CT molecular complexity index is 833. The Morgan fingerprint density at radius 2 is 1.94 bits per heavy atom. The van der Waals surface area contributed by atoms with Gasteiger partial charge in [-0.15, -0.1) is 0 Å². The monoisotopic (exact) mass is 429 g/mol. The maximum Gasteiger partial charge on any atom is 0.222 e. The molecule has 0 unspecified atom stereocenters. The molecule has 1 saturated heterocycles. The molecule has 2 aliphatic carbocycles. The summed E-state index contributed by atoms with van der Waals surface area (Å²) >= 11 is 0. The summed E-state index contributed by atoms with van der Waals surface area (Å²) in [5.41, 5.74) is 1.36. The van der Waals surface area contributed by atoms with E-state index >= 15 is 0 Å². The minimum atomic E-state index is -0.00169. The zero-order chi connectivity index (χ0) is 22.6. The molecule has 1 N–H and O–H groups in total. The van der Waals surface area contributed by atoms with E-state index in [9.17, 15) is 4.79 Å². The first-order valence-corrected chi connectivity index (χ1v) is 11.9. The van der Waals surface area contributed by atoms with Gasteiger partial charge in [-0.25, -0.2) is 0 Å². The van der Waals surface area contributed by atoms with Crippen molar-refractivity contribution in [3.8, 4) is 11.5 Å². The third kappa shape index (κ3) is 3.63. The summed E-state index contributed by atoms with van der Waals surface area (Å²) in [6.07, 6.45) is 3.46. The Morgan fingerprint density at radius 1 is 1.19 bits per heavy atom. The Hall–Kier alpha value is -1.75. The Kier molecular flexibility index (Phi) is 5.78. The molecule has 172 valence electrons. The molecular weight excluding hydrogens is 390 g/mol. The number of carbonyl (C=O) groups excluding carboxylic acids is 1. The van der Waals surface area contributed by atoms with Crippen LogP contribution < -0.4 is 14.8 Å². The average Bonchev–Trinajstić information content (AvgIpc) is 3.20. The number of carbonyl (C=O) groups is 1. The second-order valence-corrected chi connectivity index (χ2v) is 11.0. The van der Waals surface area contributed by atoms with Gasteiger partial charge in [0.25, 0.3) is 0 Å². The fraction of sp³-hybridized carbons (Fsp3) is 0.731. The van der Waals surface area contributed by atoms with E-state index in [4.69, 9.17) is 14.2 Å². The highest BCUT2D eigenvalue weighted by molar-refractivity contribution is 5.78. The summed E-state index contributed by atoms with van der Waals surface area (Å²) in [4.78, 5) is 12.7. The van der Waals surface area contributed by atoms with Crippen molar-refractivity contribution in [3.05, 3.63) is 23.8 Å². The Morgan fingerprint density at radius 3 is 2.58 bits per heavy atom. The molecular formula is C26H39NO4. The van der Waals surface area contributed by atoms with Crippen LogP contribution in [0, 0.1) is 28.6 Å². The van der Waals surface area contributed by atoms with Gasteiger partial charge in [-0.1, -0.05) is 33.8 Å². The standard InChI is InChI=1S/C26H39NO4/c1-15(2)23(28)27-24-25(5,6)18-13-19-22(30-11-10-26(19,24)14-18)17-8-9-20(31-16(3)4)21(12-17)29-7/h8-9,12,15-16,18-19,22,24H,10-11,13-14H2,1-7H3,(H,27,28)/t18-,19-,22-,24+,26-/m1/s1. The second-order valence-electron chi connectivity index (χ2n) is 11.0. The zero-order valence-corrected chi connectivity index (χ0v) is 20.2. The molecule has 1 aliphatic heterocycles. The minimum absolute atomic E-state index is 0.00169.